The van der Waals surface area contributed by atoms with Crippen molar-refractivity contribution in [3.05, 3.63) is 30.3 Å². The van der Waals surface area contributed by atoms with Gasteiger partial charge in [-0.2, -0.15) is 0 Å². The summed E-state index contributed by atoms with van der Waals surface area (Å²) in [6.07, 6.45) is 2.41. The summed E-state index contributed by atoms with van der Waals surface area (Å²) in [7, 11) is 0. The van der Waals surface area contributed by atoms with Crippen molar-refractivity contribution in [3.8, 4) is 0 Å². The third-order valence-corrected chi connectivity index (χ3v) is 11.2. The fourth-order valence-electron chi connectivity index (χ4n) is 5.52. The average molecular weight is 423 g/mol. The molecular weight excluding hydrogens is 399 g/mol. The van der Waals surface area contributed by atoms with Gasteiger partial charge < -0.3 is 0 Å². The molecule has 0 N–H and O–H groups in total. The van der Waals surface area contributed by atoms with Crippen LogP contribution in [0.2, 0.25) is 4.31 Å². The number of cyclic esters (lactones) is 1. The van der Waals surface area contributed by atoms with Crippen LogP contribution in [0.1, 0.15) is 26.2 Å². The van der Waals surface area contributed by atoms with Crippen LogP contribution in [0.3, 0.4) is 0 Å². The van der Waals surface area contributed by atoms with Crippen LogP contribution >= 0.6 is 0 Å². The predicted octanol–water partition coefficient (Wildman–Crippen LogP) is 2.04. The fourth-order valence-corrected chi connectivity index (χ4v) is 9.72. The molecule has 2 saturated heterocycles. The minimum absolute atomic E-state index is 0.0988. The molecule has 0 aromatic heterocycles. The molecule has 6 heteroatoms. The van der Waals surface area contributed by atoms with Gasteiger partial charge in [0.1, 0.15) is 0 Å². The maximum atomic E-state index is 13.9. The molecule has 0 amide bonds. The van der Waals surface area contributed by atoms with Crippen molar-refractivity contribution in [2.24, 2.45) is 23.7 Å². The Kier molecular flexibility index (Phi) is 3.91. The van der Waals surface area contributed by atoms with Gasteiger partial charge in [-0.25, -0.2) is 0 Å². The van der Waals surface area contributed by atoms with Gasteiger partial charge >= 0.3 is 157 Å². The quantitative estimate of drug-likeness (QED) is 0.538. The van der Waals surface area contributed by atoms with Crippen molar-refractivity contribution in [1.29, 1.82) is 0 Å². The van der Waals surface area contributed by atoms with Crippen LogP contribution in [0.15, 0.2) is 30.3 Å². The summed E-state index contributed by atoms with van der Waals surface area (Å²) in [5, 5.41) is 0. The Bertz CT molecular complexity index is 744. The second kappa shape index (κ2) is 5.96. The molecule has 2 aliphatic heterocycles. The van der Waals surface area contributed by atoms with Gasteiger partial charge in [0, 0.05) is 0 Å². The van der Waals surface area contributed by atoms with Gasteiger partial charge in [0.25, 0.3) is 0 Å². The molecule has 6 atom stereocenters. The summed E-state index contributed by atoms with van der Waals surface area (Å²) in [4.78, 5) is 13.1. The molecule has 5 rings (SSSR count). The number of esters is 1. The van der Waals surface area contributed by atoms with E-state index in [2.05, 4.69) is 6.92 Å². The van der Waals surface area contributed by atoms with E-state index in [9.17, 15) is 8.63 Å². The topological polar surface area (TPSA) is 61.8 Å². The van der Waals surface area contributed by atoms with E-state index in [1.165, 1.54) is 0 Å². The first kappa shape index (κ1) is 17.1. The molecule has 1 aromatic rings. The molecular formula is C20H24O5Se. The fraction of sp³-hybridized carbons (Fsp3) is 0.650. The number of ether oxygens (including phenoxy) is 3. The summed E-state index contributed by atoms with van der Waals surface area (Å²) in [5.74, 6) is -0.0336. The molecule has 0 bridgehead atoms. The zero-order chi connectivity index (χ0) is 17.9. The summed E-state index contributed by atoms with van der Waals surface area (Å²) in [6, 6.07) is 9.51. The summed E-state index contributed by atoms with van der Waals surface area (Å²) in [6.45, 7) is 3.73. The molecule has 2 aliphatic carbocycles. The van der Waals surface area contributed by atoms with Crippen molar-refractivity contribution in [3.63, 3.8) is 0 Å². The molecule has 1 aromatic carbocycles. The van der Waals surface area contributed by atoms with Crippen LogP contribution < -0.4 is 4.46 Å². The van der Waals surface area contributed by atoms with E-state index < -0.39 is 23.9 Å². The monoisotopic (exact) mass is 424 g/mol. The number of carbonyl (C=O) groups is 1. The van der Waals surface area contributed by atoms with Gasteiger partial charge in [-0.15, -0.1) is 0 Å². The van der Waals surface area contributed by atoms with E-state index in [-0.39, 0.29) is 17.8 Å². The van der Waals surface area contributed by atoms with E-state index in [1.54, 1.807) is 0 Å². The zero-order valence-electron chi connectivity index (χ0n) is 14.9. The van der Waals surface area contributed by atoms with E-state index in [1.807, 2.05) is 30.3 Å². The number of hydrogen-bond acceptors (Lipinski definition) is 5. The third kappa shape index (κ3) is 2.32. The first-order valence-electron chi connectivity index (χ1n) is 9.49. The van der Waals surface area contributed by atoms with E-state index >= 15 is 0 Å². The first-order valence-corrected chi connectivity index (χ1v) is 11.9. The Hall–Kier alpha value is -1.07. The van der Waals surface area contributed by atoms with E-state index in [0.717, 1.165) is 17.3 Å². The van der Waals surface area contributed by atoms with Gasteiger partial charge in [0.15, 0.2) is 0 Å². The third-order valence-electron chi connectivity index (χ3n) is 6.73. The van der Waals surface area contributed by atoms with Crippen molar-refractivity contribution >= 4 is 24.3 Å². The Morgan fingerprint density at radius 1 is 1.12 bits per heavy atom. The SMILES string of the molecule is C[C@@H]1CC2(C[C@H]3COC(=O)[C@]3([Se](=O)c3ccccc3)[C@H]3C[C@@H]13)OCCO2. The predicted molar refractivity (Wildman–Crippen MR) is 94.3 cm³/mol. The second-order valence-corrected chi connectivity index (χ2v) is 11.7. The van der Waals surface area contributed by atoms with Crippen LogP contribution in [0.5, 0.6) is 0 Å². The number of carbonyl (C=O) groups excluding carboxylic acids is 1. The summed E-state index contributed by atoms with van der Waals surface area (Å²) >= 11 is -2.65. The molecule has 0 radical (unpaired) electrons. The zero-order valence-corrected chi connectivity index (χ0v) is 16.6. The van der Waals surface area contributed by atoms with E-state index in [0.29, 0.717) is 38.1 Å². The van der Waals surface area contributed by atoms with Gasteiger partial charge in [0.2, 0.25) is 0 Å². The summed E-state index contributed by atoms with van der Waals surface area (Å²) in [5.41, 5.74) is 0. The molecule has 4 aliphatic rings. The first-order chi connectivity index (χ1) is 12.6. The minimum atomic E-state index is -2.65. The molecule has 5 nitrogen and oxygen atoms in total. The maximum absolute atomic E-state index is 13.9. The Balaban J connectivity index is 1.61. The van der Waals surface area contributed by atoms with Gasteiger partial charge in [-0.05, 0) is 0 Å². The number of fused-ring (bicyclic) bond motifs is 3. The normalized spacial score (nSPS) is 41.7. The van der Waals surface area contributed by atoms with Gasteiger partial charge in [-0.3, -0.25) is 0 Å². The van der Waals surface area contributed by atoms with Crippen LogP contribution in [0.25, 0.3) is 0 Å². The average Bonchev–Trinajstić information content (AvgIpc) is 3.21. The molecule has 140 valence electrons. The van der Waals surface area contributed by atoms with Crippen LogP contribution in [-0.2, 0) is 22.8 Å². The molecule has 1 spiro atoms. The number of hydrogen-bond donors (Lipinski definition) is 0. The number of benzene rings is 1. The summed E-state index contributed by atoms with van der Waals surface area (Å²) < 4.78 is 31.5. The van der Waals surface area contributed by atoms with Crippen molar-refractivity contribution in [2.45, 2.75) is 36.3 Å². The van der Waals surface area contributed by atoms with Gasteiger partial charge in [0.05, 0.1) is 0 Å². The van der Waals surface area contributed by atoms with E-state index in [4.69, 9.17) is 14.2 Å². The Morgan fingerprint density at radius 2 is 1.85 bits per heavy atom. The van der Waals surface area contributed by atoms with Crippen LogP contribution in [0.4, 0.5) is 0 Å². The molecule has 2 heterocycles. The molecule has 26 heavy (non-hydrogen) atoms. The molecule has 2 saturated carbocycles. The van der Waals surface area contributed by atoms with Crippen LogP contribution in [-0.4, -0.2) is 45.4 Å². The molecule has 1 unspecified atom stereocenters. The molecule has 4 fully saturated rings. The Labute approximate surface area is 157 Å². The number of rotatable bonds is 2. The van der Waals surface area contributed by atoms with Crippen molar-refractivity contribution in [1.82, 2.24) is 0 Å². The Morgan fingerprint density at radius 3 is 2.58 bits per heavy atom. The van der Waals surface area contributed by atoms with Gasteiger partial charge in [-0.1, -0.05) is 0 Å². The van der Waals surface area contributed by atoms with Crippen molar-refractivity contribution < 1.29 is 22.8 Å². The standard InChI is InChI=1S/C20H24O5Se/c1-13-10-19(24-7-8-25-19)11-14-12-23-18(21)20(14,17-9-16(13)17)26(22)15-5-3-2-4-6-15/h2-6,13-14,16-17H,7-12H2,1H3/t13-,14+,16+,17+,20-,26?/m1/s1. The van der Waals surface area contributed by atoms with Crippen molar-refractivity contribution in [2.75, 3.05) is 19.8 Å². The second-order valence-electron chi connectivity index (χ2n) is 8.17. The van der Waals surface area contributed by atoms with Crippen LogP contribution in [0, 0.1) is 23.7 Å².